The van der Waals surface area contributed by atoms with Gasteiger partial charge in [-0.05, 0) is 49.4 Å². The fourth-order valence-corrected chi connectivity index (χ4v) is 3.15. The van der Waals surface area contributed by atoms with Crippen LogP contribution in [0.3, 0.4) is 0 Å². The average molecular weight is 429 g/mol. The number of aromatic nitrogens is 3. The number of benzene rings is 3. The number of carbonyl (C=O) groups excluding carboxylic acids is 1. The third-order valence-corrected chi connectivity index (χ3v) is 4.89. The minimum absolute atomic E-state index is 0.0693. The standard InChI is InChI=1S/C23H19N5O4/c1-16-22(24-25-27(16)18-7-6-8-19(15-18)28(30)31)23(29)26(2)17-11-13-21(14-12-17)32-20-9-4-3-5-10-20/h3-15H,1-2H3. The summed E-state index contributed by atoms with van der Waals surface area (Å²) in [4.78, 5) is 25.1. The van der Waals surface area contributed by atoms with Gasteiger partial charge in [-0.25, -0.2) is 4.68 Å². The summed E-state index contributed by atoms with van der Waals surface area (Å²) in [6, 6.07) is 22.5. The molecule has 0 bridgehead atoms. The van der Waals surface area contributed by atoms with E-state index < -0.39 is 4.92 Å². The van der Waals surface area contributed by atoms with Gasteiger partial charge in [0, 0.05) is 24.9 Å². The van der Waals surface area contributed by atoms with Crippen LogP contribution in [0.4, 0.5) is 11.4 Å². The molecular formula is C23H19N5O4. The molecule has 0 aliphatic heterocycles. The molecule has 0 radical (unpaired) electrons. The van der Waals surface area contributed by atoms with Crippen molar-refractivity contribution in [3.05, 3.63) is 100 Å². The summed E-state index contributed by atoms with van der Waals surface area (Å²) in [5.74, 6) is 1.02. The summed E-state index contributed by atoms with van der Waals surface area (Å²) in [5, 5.41) is 19.1. The number of hydrogen-bond donors (Lipinski definition) is 0. The highest BCUT2D eigenvalue weighted by Crippen LogP contribution is 2.25. The lowest BCUT2D eigenvalue weighted by molar-refractivity contribution is -0.384. The number of non-ortho nitro benzene ring substituents is 1. The molecule has 0 aliphatic carbocycles. The first kappa shape index (κ1) is 20.7. The molecule has 0 unspecified atom stereocenters. The van der Waals surface area contributed by atoms with Gasteiger partial charge in [0.15, 0.2) is 5.69 Å². The number of rotatable bonds is 6. The average Bonchev–Trinajstić information content (AvgIpc) is 3.20. The Balaban J connectivity index is 1.53. The van der Waals surface area contributed by atoms with E-state index in [9.17, 15) is 14.9 Å². The van der Waals surface area contributed by atoms with Crippen molar-refractivity contribution in [3.8, 4) is 17.2 Å². The smallest absolute Gasteiger partial charge is 0.280 e. The van der Waals surface area contributed by atoms with Crippen molar-refractivity contribution in [1.82, 2.24) is 15.0 Å². The second-order valence-corrected chi connectivity index (χ2v) is 6.99. The fourth-order valence-electron chi connectivity index (χ4n) is 3.15. The van der Waals surface area contributed by atoms with E-state index in [-0.39, 0.29) is 17.3 Å². The molecule has 0 saturated heterocycles. The van der Waals surface area contributed by atoms with Gasteiger partial charge in [-0.1, -0.05) is 29.5 Å². The van der Waals surface area contributed by atoms with Crippen LogP contribution < -0.4 is 9.64 Å². The van der Waals surface area contributed by atoms with Crippen molar-refractivity contribution in [2.45, 2.75) is 6.92 Å². The van der Waals surface area contributed by atoms with Crippen molar-refractivity contribution >= 4 is 17.3 Å². The van der Waals surface area contributed by atoms with E-state index in [0.29, 0.717) is 22.8 Å². The molecule has 4 aromatic rings. The fraction of sp³-hybridized carbons (Fsp3) is 0.0870. The van der Waals surface area contributed by atoms with Crippen molar-refractivity contribution in [3.63, 3.8) is 0 Å². The van der Waals surface area contributed by atoms with Crippen LogP contribution in [-0.2, 0) is 0 Å². The Morgan fingerprint density at radius 2 is 1.69 bits per heavy atom. The zero-order valence-electron chi connectivity index (χ0n) is 17.4. The number of nitro groups is 1. The molecule has 4 rings (SSSR count). The van der Waals surface area contributed by atoms with Crippen LogP contribution in [0.15, 0.2) is 78.9 Å². The maximum absolute atomic E-state index is 13.0. The van der Waals surface area contributed by atoms with E-state index in [4.69, 9.17) is 4.74 Å². The van der Waals surface area contributed by atoms with Crippen molar-refractivity contribution in [1.29, 1.82) is 0 Å². The SMILES string of the molecule is Cc1c(C(=O)N(C)c2ccc(Oc3ccccc3)cc2)nnn1-c1cccc([N+](=O)[O-])c1. The monoisotopic (exact) mass is 429 g/mol. The van der Waals surface area contributed by atoms with Gasteiger partial charge in [0.05, 0.1) is 16.3 Å². The van der Waals surface area contributed by atoms with E-state index in [2.05, 4.69) is 10.3 Å². The van der Waals surface area contributed by atoms with Gasteiger partial charge in [0.25, 0.3) is 11.6 Å². The van der Waals surface area contributed by atoms with Crippen LogP contribution in [0.5, 0.6) is 11.5 Å². The van der Waals surface area contributed by atoms with Gasteiger partial charge in [0.2, 0.25) is 0 Å². The Morgan fingerprint density at radius 3 is 2.38 bits per heavy atom. The van der Waals surface area contributed by atoms with Crippen molar-refractivity contribution in [2.75, 3.05) is 11.9 Å². The molecule has 3 aromatic carbocycles. The minimum atomic E-state index is -0.485. The summed E-state index contributed by atoms with van der Waals surface area (Å²) in [7, 11) is 1.64. The van der Waals surface area contributed by atoms with Gasteiger partial charge in [-0.3, -0.25) is 14.9 Å². The maximum Gasteiger partial charge on any atom is 0.280 e. The highest BCUT2D eigenvalue weighted by atomic mass is 16.6. The predicted octanol–water partition coefficient (Wildman–Crippen LogP) is 4.55. The maximum atomic E-state index is 13.0. The highest BCUT2D eigenvalue weighted by Gasteiger charge is 2.22. The van der Waals surface area contributed by atoms with Crippen LogP contribution in [0, 0.1) is 17.0 Å². The topological polar surface area (TPSA) is 103 Å². The second-order valence-electron chi connectivity index (χ2n) is 6.99. The first-order chi connectivity index (χ1) is 15.4. The molecule has 0 spiro atoms. The van der Waals surface area contributed by atoms with Crippen LogP contribution in [0.1, 0.15) is 16.2 Å². The minimum Gasteiger partial charge on any atom is -0.457 e. The number of amides is 1. The number of hydrogen-bond acceptors (Lipinski definition) is 6. The van der Waals surface area contributed by atoms with Crippen LogP contribution in [0.2, 0.25) is 0 Å². The molecule has 1 aromatic heterocycles. The molecule has 0 fully saturated rings. The van der Waals surface area contributed by atoms with Gasteiger partial charge in [-0.2, -0.15) is 0 Å². The second kappa shape index (κ2) is 8.68. The van der Waals surface area contributed by atoms with E-state index in [1.807, 2.05) is 30.3 Å². The number of carbonyl (C=O) groups is 1. The first-order valence-corrected chi connectivity index (χ1v) is 9.72. The van der Waals surface area contributed by atoms with Crippen molar-refractivity contribution in [2.24, 2.45) is 0 Å². The van der Waals surface area contributed by atoms with Gasteiger partial charge in [-0.15, -0.1) is 5.10 Å². The van der Waals surface area contributed by atoms with Crippen LogP contribution in [-0.4, -0.2) is 32.9 Å². The summed E-state index contributed by atoms with van der Waals surface area (Å²) in [6.45, 7) is 1.69. The zero-order valence-corrected chi connectivity index (χ0v) is 17.4. The summed E-state index contributed by atoms with van der Waals surface area (Å²) < 4.78 is 7.19. The zero-order chi connectivity index (χ0) is 22.7. The normalized spacial score (nSPS) is 10.6. The lowest BCUT2D eigenvalue weighted by atomic mass is 10.2. The summed E-state index contributed by atoms with van der Waals surface area (Å²) in [6.07, 6.45) is 0. The molecule has 9 heteroatoms. The third kappa shape index (κ3) is 4.17. The molecule has 32 heavy (non-hydrogen) atoms. The van der Waals surface area contributed by atoms with Gasteiger partial charge < -0.3 is 9.64 Å². The van der Waals surface area contributed by atoms with E-state index in [1.165, 1.54) is 21.7 Å². The number of para-hydroxylation sites is 1. The molecule has 9 nitrogen and oxygen atoms in total. The third-order valence-electron chi connectivity index (χ3n) is 4.89. The quantitative estimate of drug-likeness (QED) is 0.329. The van der Waals surface area contributed by atoms with E-state index in [1.54, 1.807) is 50.4 Å². The van der Waals surface area contributed by atoms with Crippen LogP contribution >= 0.6 is 0 Å². The molecule has 1 amide bonds. The van der Waals surface area contributed by atoms with E-state index in [0.717, 1.165) is 5.75 Å². The van der Waals surface area contributed by atoms with Crippen molar-refractivity contribution < 1.29 is 14.5 Å². The van der Waals surface area contributed by atoms with Gasteiger partial charge >= 0.3 is 0 Å². The predicted molar refractivity (Wildman–Crippen MR) is 118 cm³/mol. The Morgan fingerprint density at radius 1 is 1.00 bits per heavy atom. The number of anilines is 1. The molecular weight excluding hydrogens is 410 g/mol. The molecule has 160 valence electrons. The van der Waals surface area contributed by atoms with Gasteiger partial charge in [0.1, 0.15) is 11.5 Å². The summed E-state index contributed by atoms with van der Waals surface area (Å²) >= 11 is 0. The number of nitro benzene ring substituents is 1. The van der Waals surface area contributed by atoms with E-state index >= 15 is 0 Å². The molecule has 0 saturated carbocycles. The lowest BCUT2D eigenvalue weighted by Crippen LogP contribution is -2.27. The lowest BCUT2D eigenvalue weighted by Gasteiger charge is -2.17. The molecule has 0 atom stereocenters. The largest absolute Gasteiger partial charge is 0.457 e. The Kier molecular flexibility index (Phi) is 5.63. The number of nitrogens with zero attached hydrogens (tertiary/aromatic N) is 5. The molecule has 0 N–H and O–H groups in total. The van der Waals surface area contributed by atoms with Crippen LogP contribution in [0.25, 0.3) is 5.69 Å². The first-order valence-electron chi connectivity index (χ1n) is 9.72. The number of ether oxygens (including phenoxy) is 1. The molecule has 1 heterocycles. The Bertz CT molecular complexity index is 1270. The Labute approximate surface area is 183 Å². The Hall–Kier alpha value is -4.53. The highest BCUT2D eigenvalue weighted by molar-refractivity contribution is 6.05. The summed E-state index contributed by atoms with van der Waals surface area (Å²) in [5.41, 5.74) is 1.67. The molecule has 0 aliphatic rings.